The Bertz CT molecular complexity index is 468. The zero-order valence-electron chi connectivity index (χ0n) is 12.1. The fourth-order valence-corrected chi connectivity index (χ4v) is 2.40. The summed E-state index contributed by atoms with van der Waals surface area (Å²) in [6, 6.07) is 4.82. The molecule has 0 aromatic heterocycles. The van der Waals surface area contributed by atoms with Gasteiger partial charge in [-0.25, -0.2) is 4.39 Å². The number of halogens is 1. The van der Waals surface area contributed by atoms with Crippen LogP contribution in [0.4, 0.5) is 4.39 Å². The van der Waals surface area contributed by atoms with Crippen LogP contribution in [0.5, 0.6) is 5.75 Å². The number of hydrogen-bond donors (Lipinski definition) is 2. The third kappa shape index (κ3) is 3.11. The fraction of sp³-hybridized carbons (Fsp3) is 0.600. The minimum atomic E-state index is -0.848. The fourth-order valence-electron chi connectivity index (χ4n) is 2.40. The van der Waals surface area contributed by atoms with Crippen molar-refractivity contribution in [1.82, 2.24) is 5.32 Å². The van der Waals surface area contributed by atoms with Crippen LogP contribution in [0.25, 0.3) is 0 Å². The average molecular weight is 283 g/mol. The van der Waals surface area contributed by atoms with E-state index >= 15 is 0 Å². The molecule has 1 aliphatic rings. The molecule has 0 amide bonds. The number of aliphatic hydroxyl groups is 1. The molecular weight excluding hydrogens is 261 g/mol. The zero-order chi connectivity index (χ0) is 14.8. The van der Waals surface area contributed by atoms with E-state index in [0.717, 1.165) is 5.56 Å². The molecule has 1 saturated heterocycles. The zero-order valence-corrected chi connectivity index (χ0v) is 12.1. The molecule has 1 aromatic carbocycles. The molecule has 0 saturated carbocycles. The molecule has 1 fully saturated rings. The Labute approximate surface area is 118 Å². The van der Waals surface area contributed by atoms with Crippen molar-refractivity contribution in [3.63, 3.8) is 0 Å². The molecule has 2 N–H and O–H groups in total. The molecule has 0 bridgehead atoms. The molecule has 0 radical (unpaired) electrons. The van der Waals surface area contributed by atoms with E-state index < -0.39 is 5.60 Å². The van der Waals surface area contributed by atoms with E-state index in [2.05, 4.69) is 5.32 Å². The van der Waals surface area contributed by atoms with Gasteiger partial charge in [-0.15, -0.1) is 0 Å². The summed E-state index contributed by atoms with van der Waals surface area (Å²) in [5.74, 6) is -0.146. The van der Waals surface area contributed by atoms with Gasteiger partial charge >= 0.3 is 0 Å². The third-order valence-corrected chi connectivity index (χ3v) is 4.05. The van der Waals surface area contributed by atoms with Gasteiger partial charge in [-0.05, 0) is 31.5 Å². The van der Waals surface area contributed by atoms with Crippen molar-refractivity contribution in [2.75, 3.05) is 20.3 Å². The first-order chi connectivity index (χ1) is 9.46. The molecule has 1 heterocycles. The predicted octanol–water partition coefficient (Wildman–Crippen LogP) is 2.02. The van der Waals surface area contributed by atoms with E-state index in [1.165, 1.54) is 13.2 Å². The molecule has 5 heteroatoms. The largest absolute Gasteiger partial charge is 0.494 e. The second kappa shape index (κ2) is 6.08. The van der Waals surface area contributed by atoms with Gasteiger partial charge in [0, 0.05) is 25.6 Å². The highest BCUT2D eigenvalue weighted by atomic mass is 19.1. The van der Waals surface area contributed by atoms with Gasteiger partial charge in [-0.3, -0.25) is 0 Å². The maximum absolute atomic E-state index is 13.7. The molecule has 0 aliphatic carbocycles. The van der Waals surface area contributed by atoms with Gasteiger partial charge in [0.15, 0.2) is 11.6 Å². The monoisotopic (exact) mass is 283 g/mol. The second-order valence-electron chi connectivity index (χ2n) is 5.36. The van der Waals surface area contributed by atoms with Crippen molar-refractivity contribution in [2.45, 2.75) is 38.0 Å². The Morgan fingerprint density at radius 1 is 1.60 bits per heavy atom. The SMILES string of the molecule is COc1ccc(C(C)NCC2(O)CCOC2C)cc1F. The van der Waals surface area contributed by atoms with Gasteiger partial charge in [0.05, 0.1) is 13.2 Å². The molecule has 4 nitrogen and oxygen atoms in total. The quantitative estimate of drug-likeness (QED) is 0.868. The molecule has 20 heavy (non-hydrogen) atoms. The van der Waals surface area contributed by atoms with Gasteiger partial charge < -0.3 is 19.9 Å². The summed E-state index contributed by atoms with van der Waals surface area (Å²) in [5.41, 5.74) is -0.0299. The lowest BCUT2D eigenvalue weighted by molar-refractivity contribution is -0.0274. The Hall–Kier alpha value is -1.17. The van der Waals surface area contributed by atoms with Gasteiger partial charge in [0.1, 0.15) is 5.60 Å². The van der Waals surface area contributed by atoms with E-state index in [0.29, 0.717) is 19.6 Å². The topological polar surface area (TPSA) is 50.7 Å². The highest BCUT2D eigenvalue weighted by Crippen LogP contribution is 2.26. The van der Waals surface area contributed by atoms with Crippen molar-refractivity contribution in [2.24, 2.45) is 0 Å². The second-order valence-corrected chi connectivity index (χ2v) is 5.36. The molecule has 0 spiro atoms. The summed E-state index contributed by atoms with van der Waals surface area (Å²) < 4.78 is 24.0. The molecule has 2 rings (SSSR count). The molecule has 3 atom stereocenters. The van der Waals surface area contributed by atoms with E-state index in [1.807, 2.05) is 19.9 Å². The van der Waals surface area contributed by atoms with Crippen LogP contribution in [0.3, 0.4) is 0 Å². The number of benzene rings is 1. The van der Waals surface area contributed by atoms with Crippen molar-refractivity contribution in [3.8, 4) is 5.75 Å². The standard InChI is InChI=1S/C15H22FNO3/c1-10(12-4-5-14(19-3)13(16)8-12)17-9-15(18)6-7-20-11(15)2/h4-5,8,10-11,17-18H,6-7,9H2,1-3H3. The molecule has 3 unspecified atom stereocenters. The Morgan fingerprint density at radius 2 is 2.35 bits per heavy atom. The first-order valence-electron chi connectivity index (χ1n) is 6.87. The van der Waals surface area contributed by atoms with E-state index in [-0.39, 0.29) is 23.7 Å². The van der Waals surface area contributed by atoms with Crippen LogP contribution in [-0.2, 0) is 4.74 Å². The van der Waals surface area contributed by atoms with Crippen molar-refractivity contribution >= 4 is 0 Å². The van der Waals surface area contributed by atoms with E-state index in [9.17, 15) is 9.50 Å². The molecule has 1 aliphatic heterocycles. The summed E-state index contributed by atoms with van der Waals surface area (Å²) in [6.07, 6.45) is 0.431. The van der Waals surface area contributed by atoms with Crippen molar-refractivity contribution < 1.29 is 19.0 Å². The van der Waals surface area contributed by atoms with Crippen LogP contribution in [0.15, 0.2) is 18.2 Å². The Balaban J connectivity index is 1.98. The summed E-state index contributed by atoms with van der Waals surface area (Å²) >= 11 is 0. The van der Waals surface area contributed by atoms with Crippen LogP contribution in [-0.4, -0.2) is 37.1 Å². The van der Waals surface area contributed by atoms with Crippen LogP contribution in [0.2, 0.25) is 0 Å². The minimum absolute atomic E-state index is 0.0627. The molecule has 112 valence electrons. The summed E-state index contributed by atoms with van der Waals surface area (Å²) in [5, 5.41) is 13.6. The number of rotatable bonds is 5. The number of ether oxygens (including phenoxy) is 2. The van der Waals surface area contributed by atoms with Crippen molar-refractivity contribution in [3.05, 3.63) is 29.6 Å². The normalized spacial score (nSPS) is 27.6. The minimum Gasteiger partial charge on any atom is -0.494 e. The van der Waals surface area contributed by atoms with Gasteiger partial charge in [0.2, 0.25) is 0 Å². The third-order valence-electron chi connectivity index (χ3n) is 4.05. The van der Waals surface area contributed by atoms with Gasteiger partial charge in [0.25, 0.3) is 0 Å². The molecule has 1 aromatic rings. The van der Waals surface area contributed by atoms with Crippen LogP contribution < -0.4 is 10.1 Å². The average Bonchev–Trinajstić information content (AvgIpc) is 2.76. The first kappa shape index (κ1) is 15.2. The number of methoxy groups -OCH3 is 1. The van der Waals surface area contributed by atoms with Crippen LogP contribution >= 0.6 is 0 Å². The Morgan fingerprint density at radius 3 is 2.90 bits per heavy atom. The lowest BCUT2D eigenvalue weighted by Gasteiger charge is -2.28. The van der Waals surface area contributed by atoms with E-state index in [1.54, 1.807) is 6.07 Å². The molecular formula is C15H22FNO3. The van der Waals surface area contributed by atoms with Crippen LogP contribution in [0.1, 0.15) is 31.9 Å². The predicted molar refractivity (Wildman–Crippen MR) is 74.4 cm³/mol. The lowest BCUT2D eigenvalue weighted by atomic mass is 9.96. The lowest BCUT2D eigenvalue weighted by Crippen LogP contribution is -2.46. The first-order valence-corrected chi connectivity index (χ1v) is 6.87. The summed E-state index contributed by atoms with van der Waals surface area (Å²) in [7, 11) is 1.44. The Kier molecular flexibility index (Phi) is 4.62. The van der Waals surface area contributed by atoms with Gasteiger partial charge in [-0.1, -0.05) is 6.07 Å². The van der Waals surface area contributed by atoms with Gasteiger partial charge in [-0.2, -0.15) is 0 Å². The summed E-state index contributed by atoms with van der Waals surface area (Å²) in [6.45, 7) is 4.80. The highest BCUT2D eigenvalue weighted by Gasteiger charge is 2.39. The number of hydrogen-bond acceptors (Lipinski definition) is 4. The van der Waals surface area contributed by atoms with E-state index in [4.69, 9.17) is 9.47 Å². The smallest absolute Gasteiger partial charge is 0.165 e. The number of nitrogens with one attached hydrogen (secondary N) is 1. The highest BCUT2D eigenvalue weighted by molar-refractivity contribution is 5.30. The van der Waals surface area contributed by atoms with Crippen molar-refractivity contribution in [1.29, 1.82) is 0 Å². The maximum atomic E-state index is 13.7. The summed E-state index contributed by atoms with van der Waals surface area (Å²) in [4.78, 5) is 0. The maximum Gasteiger partial charge on any atom is 0.165 e. The van der Waals surface area contributed by atoms with Crippen LogP contribution in [0, 0.1) is 5.82 Å².